The molecule has 3 rings (SSSR count). The third-order valence-corrected chi connectivity index (χ3v) is 5.39. The van der Waals surface area contributed by atoms with Gasteiger partial charge in [0.15, 0.2) is 6.10 Å². The number of rotatable bonds is 4. The van der Waals surface area contributed by atoms with E-state index in [0.717, 1.165) is 19.4 Å². The summed E-state index contributed by atoms with van der Waals surface area (Å²) in [4.78, 5) is 17.2. The van der Waals surface area contributed by atoms with Crippen molar-refractivity contribution in [1.29, 1.82) is 0 Å². The first-order valence-corrected chi connectivity index (χ1v) is 8.89. The molecule has 2 fully saturated rings. The van der Waals surface area contributed by atoms with E-state index in [4.69, 9.17) is 4.74 Å². The SMILES string of the molecule is COc1cccc(C(O)C(=O)N2CCC3CCC(C2)N3C(C)C)c1. The van der Waals surface area contributed by atoms with Gasteiger partial charge in [0.2, 0.25) is 0 Å². The number of benzene rings is 1. The summed E-state index contributed by atoms with van der Waals surface area (Å²) in [6.07, 6.45) is 2.24. The Morgan fingerprint density at radius 2 is 2.00 bits per heavy atom. The largest absolute Gasteiger partial charge is 0.497 e. The Bertz CT molecular complexity index is 590. The maximum Gasteiger partial charge on any atom is 0.256 e. The average molecular weight is 332 g/mol. The van der Waals surface area contributed by atoms with Crippen LogP contribution in [-0.4, -0.2) is 59.1 Å². The van der Waals surface area contributed by atoms with Crippen molar-refractivity contribution in [2.45, 2.75) is 57.3 Å². The normalized spacial score (nSPS) is 25.6. The third-order valence-electron chi connectivity index (χ3n) is 5.39. The highest BCUT2D eigenvalue weighted by atomic mass is 16.5. The molecule has 2 aliphatic rings. The van der Waals surface area contributed by atoms with Gasteiger partial charge in [0.25, 0.3) is 5.91 Å². The van der Waals surface area contributed by atoms with Crippen LogP contribution in [0.3, 0.4) is 0 Å². The van der Waals surface area contributed by atoms with E-state index >= 15 is 0 Å². The van der Waals surface area contributed by atoms with E-state index < -0.39 is 6.10 Å². The number of methoxy groups -OCH3 is 1. The molecule has 1 N–H and O–H groups in total. The molecular formula is C19H28N2O3. The summed E-state index contributed by atoms with van der Waals surface area (Å²) in [6, 6.07) is 8.60. The first-order chi connectivity index (χ1) is 11.5. The van der Waals surface area contributed by atoms with Crippen molar-refractivity contribution in [2.75, 3.05) is 20.2 Å². The summed E-state index contributed by atoms with van der Waals surface area (Å²) < 4.78 is 5.19. The van der Waals surface area contributed by atoms with Crippen molar-refractivity contribution in [3.05, 3.63) is 29.8 Å². The van der Waals surface area contributed by atoms with Crippen molar-refractivity contribution in [2.24, 2.45) is 0 Å². The first-order valence-electron chi connectivity index (χ1n) is 8.89. The zero-order chi connectivity index (χ0) is 17.3. The lowest BCUT2D eigenvalue weighted by Gasteiger charge is -2.32. The molecule has 0 saturated carbocycles. The van der Waals surface area contributed by atoms with E-state index in [1.165, 1.54) is 6.42 Å². The van der Waals surface area contributed by atoms with Crippen molar-refractivity contribution in [3.63, 3.8) is 0 Å². The molecule has 5 heteroatoms. The number of aliphatic hydroxyl groups is 1. The van der Waals surface area contributed by atoms with Crippen molar-refractivity contribution >= 4 is 5.91 Å². The molecule has 5 nitrogen and oxygen atoms in total. The monoisotopic (exact) mass is 332 g/mol. The van der Waals surface area contributed by atoms with Gasteiger partial charge >= 0.3 is 0 Å². The van der Waals surface area contributed by atoms with Crippen molar-refractivity contribution in [1.82, 2.24) is 9.80 Å². The van der Waals surface area contributed by atoms with E-state index in [9.17, 15) is 9.90 Å². The predicted octanol–water partition coefficient (Wildman–Crippen LogP) is 2.20. The number of carbonyl (C=O) groups excluding carboxylic acids is 1. The summed E-state index contributed by atoms with van der Waals surface area (Å²) in [7, 11) is 1.58. The molecule has 0 radical (unpaired) electrons. The third kappa shape index (κ3) is 3.28. The van der Waals surface area contributed by atoms with Crippen LogP contribution in [0.2, 0.25) is 0 Å². The molecule has 2 saturated heterocycles. The quantitative estimate of drug-likeness (QED) is 0.918. The van der Waals surface area contributed by atoms with Crippen LogP contribution in [0.4, 0.5) is 0 Å². The number of fused-ring (bicyclic) bond motifs is 2. The van der Waals surface area contributed by atoms with Crippen molar-refractivity contribution in [3.8, 4) is 5.75 Å². The highest BCUT2D eigenvalue weighted by Gasteiger charge is 2.40. The summed E-state index contributed by atoms with van der Waals surface area (Å²) in [5, 5.41) is 10.5. The fourth-order valence-electron chi connectivity index (χ4n) is 4.28. The van der Waals surface area contributed by atoms with Gasteiger partial charge in [-0.1, -0.05) is 12.1 Å². The summed E-state index contributed by atoms with van der Waals surface area (Å²) in [5.41, 5.74) is 0.592. The van der Waals surface area contributed by atoms with Gasteiger partial charge in [-0.25, -0.2) is 0 Å². The number of carbonyl (C=O) groups is 1. The van der Waals surface area contributed by atoms with Crippen LogP contribution in [0, 0.1) is 0 Å². The molecule has 0 aliphatic carbocycles. The second kappa shape index (κ2) is 7.11. The van der Waals surface area contributed by atoms with Crippen LogP contribution in [0.25, 0.3) is 0 Å². The van der Waals surface area contributed by atoms with Gasteiger partial charge < -0.3 is 14.7 Å². The highest BCUT2D eigenvalue weighted by molar-refractivity contribution is 5.82. The Balaban J connectivity index is 1.73. The fraction of sp³-hybridized carbons (Fsp3) is 0.632. The predicted molar refractivity (Wildman–Crippen MR) is 92.9 cm³/mol. The van der Waals surface area contributed by atoms with Crippen LogP contribution in [-0.2, 0) is 4.79 Å². The number of ether oxygens (including phenoxy) is 1. The highest BCUT2D eigenvalue weighted by Crippen LogP contribution is 2.33. The van der Waals surface area contributed by atoms with Crippen LogP contribution in [0.1, 0.15) is 44.8 Å². The first kappa shape index (κ1) is 17.2. The molecule has 3 unspecified atom stereocenters. The van der Waals surface area contributed by atoms with E-state index in [1.54, 1.807) is 25.3 Å². The van der Waals surface area contributed by atoms with Crippen LogP contribution in [0.15, 0.2) is 24.3 Å². The summed E-state index contributed by atoms with van der Waals surface area (Å²) in [5.74, 6) is 0.458. The minimum Gasteiger partial charge on any atom is -0.497 e. The van der Waals surface area contributed by atoms with Crippen molar-refractivity contribution < 1.29 is 14.6 Å². The van der Waals surface area contributed by atoms with Gasteiger partial charge in [-0.2, -0.15) is 0 Å². The number of hydrogen-bond acceptors (Lipinski definition) is 4. The number of amides is 1. The molecule has 24 heavy (non-hydrogen) atoms. The Morgan fingerprint density at radius 3 is 2.71 bits per heavy atom. The second-order valence-electron chi connectivity index (χ2n) is 7.18. The molecule has 1 aromatic rings. The molecule has 2 aliphatic heterocycles. The average Bonchev–Trinajstić information content (AvgIpc) is 2.88. The van der Waals surface area contributed by atoms with Gasteiger partial charge in [0, 0.05) is 31.2 Å². The fourth-order valence-corrected chi connectivity index (χ4v) is 4.28. The van der Waals surface area contributed by atoms with E-state index in [-0.39, 0.29) is 5.91 Å². The van der Waals surface area contributed by atoms with E-state index in [0.29, 0.717) is 36.0 Å². The number of likely N-dealkylation sites (tertiary alicyclic amines) is 1. The maximum atomic E-state index is 12.8. The zero-order valence-corrected chi connectivity index (χ0v) is 14.8. The van der Waals surface area contributed by atoms with Gasteiger partial charge in [-0.3, -0.25) is 9.69 Å². The van der Waals surface area contributed by atoms with Gasteiger partial charge in [0.05, 0.1) is 7.11 Å². The molecule has 1 amide bonds. The molecule has 2 bridgehead atoms. The smallest absolute Gasteiger partial charge is 0.256 e. The Kier molecular flexibility index (Phi) is 5.11. The van der Waals surface area contributed by atoms with E-state index in [1.807, 2.05) is 11.0 Å². The number of hydrogen-bond donors (Lipinski definition) is 1. The molecule has 3 atom stereocenters. The summed E-state index contributed by atoms with van der Waals surface area (Å²) >= 11 is 0. The Hall–Kier alpha value is -1.59. The number of nitrogens with zero attached hydrogens (tertiary/aromatic N) is 2. The number of aliphatic hydroxyl groups excluding tert-OH is 1. The Labute approximate surface area is 144 Å². The van der Waals surface area contributed by atoms with Gasteiger partial charge in [-0.15, -0.1) is 0 Å². The molecule has 2 heterocycles. The molecular weight excluding hydrogens is 304 g/mol. The van der Waals surface area contributed by atoms with Crippen LogP contribution in [0.5, 0.6) is 5.75 Å². The molecule has 1 aromatic carbocycles. The molecule has 0 aromatic heterocycles. The minimum absolute atomic E-state index is 0.195. The lowest BCUT2D eigenvalue weighted by Crippen LogP contribution is -2.45. The Morgan fingerprint density at radius 1 is 1.25 bits per heavy atom. The second-order valence-corrected chi connectivity index (χ2v) is 7.18. The topological polar surface area (TPSA) is 53.0 Å². The maximum absolute atomic E-state index is 12.8. The lowest BCUT2D eigenvalue weighted by molar-refractivity contribution is -0.141. The molecule has 132 valence electrons. The lowest BCUT2D eigenvalue weighted by atomic mass is 10.1. The van der Waals surface area contributed by atoms with Gasteiger partial charge in [0.1, 0.15) is 5.75 Å². The zero-order valence-electron chi connectivity index (χ0n) is 14.8. The van der Waals surface area contributed by atoms with Gasteiger partial charge in [-0.05, 0) is 50.8 Å². The standard InChI is InChI=1S/C19H28N2O3/c1-13(2)21-15-7-8-16(21)12-20(10-9-15)19(23)18(22)14-5-4-6-17(11-14)24-3/h4-6,11,13,15-16,18,22H,7-10,12H2,1-3H3. The minimum atomic E-state index is -1.12. The van der Waals surface area contributed by atoms with Crippen LogP contribution < -0.4 is 4.74 Å². The van der Waals surface area contributed by atoms with Crippen LogP contribution >= 0.6 is 0 Å². The summed E-state index contributed by atoms with van der Waals surface area (Å²) in [6.45, 7) is 5.90. The van der Waals surface area contributed by atoms with E-state index in [2.05, 4.69) is 18.7 Å². The molecule has 0 spiro atoms.